The Kier molecular flexibility index (Phi) is 4.01. The second-order valence-electron chi connectivity index (χ2n) is 4.97. The number of ether oxygens (including phenoxy) is 4. The molecule has 2 aliphatic rings. The molecule has 2 unspecified atom stereocenters. The average molecular weight is 264 g/mol. The minimum Gasteiger partial charge on any atom is -0.490 e. The third kappa shape index (κ3) is 3.69. The Morgan fingerprint density at radius 2 is 1.89 bits per heavy atom. The Bertz CT molecular complexity index is 424. The zero-order valence-corrected chi connectivity index (χ0v) is 11.3. The topological polar surface area (TPSA) is 43.5 Å². The Hall–Kier alpha value is -1.10. The summed E-state index contributed by atoms with van der Waals surface area (Å²) in [7, 11) is 0. The van der Waals surface area contributed by atoms with Gasteiger partial charge in [-0.15, -0.1) is 0 Å². The summed E-state index contributed by atoms with van der Waals surface area (Å²) in [6.07, 6.45) is 1.55. The molecule has 0 bridgehead atoms. The van der Waals surface area contributed by atoms with Gasteiger partial charge in [-0.3, -0.25) is 0 Å². The van der Waals surface area contributed by atoms with Crippen molar-refractivity contribution in [1.82, 2.24) is 0 Å². The Morgan fingerprint density at radius 3 is 2.58 bits per heavy atom. The van der Waals surface area contributed by atoms with Gasteiger partial charge in [0.15, 0.2) is 0 Å². The van der Waals surface area contributed by atoms with Gasteiger partial charge in [0.2, 0.25) is 0 Å². The first-order valence-corrected chi connectivity index (χ1v) is 6.91. The van der Waals surface area contributed by atoms with Crippen LogP contribution in [-0.4, -0.2) is 38.6 Å². The fraction of sp³-hybridized carbons (Fsp3) is 0.600. The monoisotopic (exact) mass is 264 g/mol. The van der Waals surface area contributed by atoms with Crippen molar-refractivity contribution in [3.05, 3.63) is 29.3 Å². The fourth-order valence-corrected chi connectivity index (χ4v) is 2.08. The lowest BCUT2D eigenvalue weighted by Gasteiger charge is -2.15. The molecule has 2 saturated heterocycles. The lowest BCUT2D eigenvalue weighted by atomic mass is 10.0. The van der Waals surface area contributed by atoms with Crippen molar-refractivity contribution in [3.8, 4) is 5.75 Å². The van der Waals surface area contributed by atoms with E-state index in [2.05, 4.69) is 18.2 Å². The van der Waals surface area contributed by atoms with Gasteiger partial charge in [-0.25, -0.2) is 0 Å². The molecule has 0 aromatic heterocycles. The van der Waals surface area contributed by atoms with Gasteiger partial charge in [0.05, 0.1) is 25.9 Å². The minimum atomic E-state index is 0.269. The number of rotatable bonds is 8. The normalized spacial score (nSPS) is 24.3. The van der Waals surface area contributed by atoms with Crippen LogP contribution in [0.25, 0.3) is 0 Å². The summed E-state index contributed by atoms with van der Waals surface area (Å²) in [6.45, 7) is 5.61. The molecule has 4 nitrogen and oxygen atoms in total. The second kappa shape index (κ2) is 5.90. The molecule has 0 radical (unpaired) electrons. The molecule has 2 aliphatic heterocycles. The van der Waals surface area contributed by atoms with E-state index in [1.165, 1.54) is 5.56 Å². The summed E-state index contributed by atoms with van der Waals surface area (Å²) in [4.78, 5) is 0. The van der Waals surface area contributed by atoms with Crippen LogP contribution in [0.1, 0.15) is 18.1 Å². The predicted octanol–water partition coefficient (Wildman–Crippen LogP) is 1.94. The van der Waals surface area contributed by atoms with E-state index < -0.39 is 0 Å². The highest BCUT2D eigenvalue weighted by atomic mass is 16.6. The molecule has 1 aromatic rings. The summed E-state index contributed by atoms with van der Waals surface area (Å²) in [5.41, 5.74) is 2.32. The maximum Gasteiger partial charge on any atom is 0.128 e. The van der Waals surface area contributed by atoms with Gasteiger partial charge < -0.3 is 18.9 Å². The first-order valence-electron chi connectivity index (χ1n) is 6.91. The van der Waals surface area contributed by atoms with Crippen LogP contribution in [0, 0.1) is 0 Å². The van der Waals surface area contributed by atoms with Gasteiger partial charge in [-0.1, -0.05) is 18.2 Å². The minimum absolute atomic E-state index is 0.269. The molecular formula is C15H20O4. The van der Waals surface area contributed by atoms with Gasteiger partial charge in [-0.05, 0) is 12.5 Å². The Labute approximate surface area is 113 Å². The fourth-order valence-electron chi connectivity index (χ4n) is 2.08. The molecule has 0 aliphatic carbocycles. The van der Waals surface area contributed by atoms with Gasteiger partial charge in [0.1, 0.15) is 18.5 Å². The van der Waals surface area contributed by atoms with Gasteiger partial charge in [0.25, 0.3) is 0 Å². The molecular weight excluding hydrogens is 244 g/mol. The zero-order chi connectivity index (χ0) is 13.1. The number of epoxide rings is 2. The number of hydrogen-bond donors (Lipinski definition) is 0. The van der Waals surface area contributed by atoms with Crippen LogP contribution in [0.4, 0.5) is 0 Å². The van der Waals surface area contributed by atoms with E-state index in [0.717, 1.165) is 30.9 Å². The molecule has 4 heteroatoms. The standard InChI is InChI=1S/C15H20O4/c1-2-16-7-12-5-3-4-11(6-13-8-17-13)15(12)19-10-14-9-18-14/h3-5,13-14H,2,6-10H2,1H3. The van der Waals surface area contributed by atoms with Crippen molar-refractivity contribution >= 4 is 0 Å². The van der Waals surface area contributed by atoms with Crippen molar-refractivity contribution < 1.29 is 18.9 Å². The molecule has 0 saturated carbocycles. The summed E-state index contributed by atoms with van der Waals surface area (Å²) in [6, 6.07) is 6.24. The zero-order valence-electron chi connectivity index (χ0n) is 11.3. The third-order valence-electron chi connectivity index (χ3n) is 3.31. The summed E-state index contributed by atoms with van der Waals surface area (Å²) in [5.74, 6) is 0.960. The van der Waals surface area contributed by atoms with E-state index in [9.17, 15) is 0 Å². The smallest absolute Gasteiger partial charge is 0.128 e. The molecule has 0 N–H and O–H groups in total. The van der Waals surface area contributed by atoms with E-state index in [4.69, 9.17) is 18.9 Å². The van der Waals surface area contributed by atoms with Crippen molar-refractivity contribution in [2.75, 3.05) is 26.4 Å². The average Bonchev–Trinajstić information content (AvgIpc) is 3.29. The van der Waals surface area contributed by atoms with Crippen LogP contribution in [0.5, 0.6) is 5.75 Å². The molecule has 19 heavy (non-hydrogen) atoms. The molecule has 1 aromatic carbocycles. The maximum absolute atomic E-state index is 5.96. The predicted molar refractivity (Wildman–Crippen MR) is 70.5 cm³/mol. The number of para-hydroxylation sites is 1. The van der Waals surface area contributed by atoms with E-state index in [1.807, 2.05) is 6.92 Å². The maximum atomic E-state index is 5.96. The van der Waals surface area contributed by atoms with Crippen LogP contribution in [0.3, 0.4) is 0 Å². The first kappa shape index (κ1) is 12.9. The van der Waals surface area contributed by atoms with Crippen LogP contribution >= 0.6 is 0 Å². The van der Waals surface area contributed by atoms with Gasteiger partial charge in [0, 0.05) is 18.6 Å². The first-order chi connectivity index (χ1) is 9.36. The van der Waals surface area contributed by atoms with Crippen molar-refractivity contribution in [2.24, 2.45) is 0 Å². The van der Waals surface area contributed by atoms with E-state index >= 15 is 0 Å². The third-order valence-corrected chi connectivity index (χ3v) is 3.31. The highest BCUT2D eigenvalue weighted by Gasteiger charge is 2.27. The summed E-state index contributed by atoms with van der Waals surface area (Å²) in [5, 5.41) is 0. The van der Waals surface area contributed by atoms with Crippen LogP contribution in [0.2, 0.25) is 0 Å². The molecule has 2 fully saturated rings. The van der Waals surface area contributed by atoms with E-state index in [0.29, 0.717) is 25.9 Å². The van der Waals surface area contributed by atoms with Gasteiger partial charge >= 0.3 is 0 Å². The molecule has 0 spiro atoms. The quantitative estimate of drug-likeness (QED) is 0.673. The Balaban J connectivity index is 1.74. The molecule has 3 rings (SSSR count). The van der Waals surface area contributed by atoms with Crippen LogP contribution in [0.15, 0.2) is 18.2 Å². The lowest BCUT2D eigenvalue weighted by molar-refractivity contribution is 0.130. The molecule has 2 atom stereocenters. The van der Waals surface area contributed by atoms with Gasteiger partial charge in [-0.2, -0.15) is 0 Å². The van der Waals surface area contributed by atoms with E-state index in [-0.39, 0.29) is 6.10 Å². The van der Waals surface area contributed by atoms with Crippen molar-refractivity contribution in [2.45, 2.75) is 32.2 Å². The van der Waals surface area contributed by atoms with E-state index in [1.54, 1.807) is 0 Å². The molecule has 2 heterocycles. The highest BCUT2D eigenvalue weighted by Crippen LogP contribution is 2.29. The lowest BCUT2D eigenvalue weighted by Crippen LogP contribution is -2.09. The Morgan fingerprint density at radius 1 is 1.16 bits per heavy atom. The SMILES string of the molecule is CCOCc1cccc(CC2CO2)c1OCC1CO1. The summed E-state index contributed by atoms with van der Waals surface area (Å²) >= 11 is 0. The largest absolute Gasteiger partial charge is 0.490 e. The molecule has 104 valence electrons. The number of hydrogen-bond acceptors (Lipinski definition) is 4. The second-order valence-corrected chi connectivity index (χ2v) is 4.97. The van der Waals surface area contributed by atoms with Crippen molar-refractivity contribution in [1.29, 1.82) is 0 Å². The van der Waals surface area contributed by atoms with Crippen molar-refractivity contribution in [3.63, 3.8) is 0 Å². The van der Waals surface area contributed by atoms with Crippen LogP contribution < -0.4 is 4.74 Å². The summed E-state index contributed by atoms with van der Waals surface area (Å²) < 4.78 is 22.0. The number of benzene rings is 1. The van der Waals surface area contributed by atoms with Crippen LogP contribution in [-0.2, 0) is 27.2 Å². The molecule has 0 amide bonds. The highest BCUT2D eigenvalue weighted by molar-refractivity contribution is 5.42.